The van der Waals surface area contributed by atoms with Crippen molar-refractivity contribution in [3.05, 3.63) is 0 Å². The van der Waals surface area contributed by atoms with Crippen molar-refractivity contribution in [1.82, 2.24) is 0 Å². The van der Waals surface area contributed by atoms with E-state index in [2.05, 4.69) is 13.8 Å². The number of unbranched alkanes of at least 4 members (excludes halogenated alkanes) is 9. The van der Waals surface area contributed by atoms with Crippen LogP contribution in [0, 0.1) is 5.41 Å². The molecule has 132 valence electrons. The van der Waals surface area contributed by atoms with Crippen molar-refractivity contribution in [1.29, 1.82) is 0 Å². The summed E-state index contributed by atoms with van der Waals surface area (Å²) in [7, 11) is 0. The number of esters is 1. The molecule has 0 aromatic carbocycles. The van der Waals surface area contributed by atoms with Gasteiger partial charge in [0.2, 0.25) is 0 Å². The molecule has 0 saturated carbocycles. The molecule has 0 amide bonds. The number of carbonyl (C=O) groups excluding carboxylic acids is 1. The second-order valence-corrected chi connectivity index (χ2v) is 7.66. The fourth-order valence-corrected chi connectivity index (χ4v) is 2.53. The molecular weight excluding hydrogens is 272 g/mol. The smallest absolute Gasteiger partial charge is 0.311 e. The van der Waals surface area contributed by atoms with E-state index in [1.54, 1.807) is 0 Å². The van der Waals surface area contributed by atoms with Gasteiger partial charge in [-0.1, -0.05) is 71.6 Å². The highest BCUT2D eigenvalue weighted by Crippen LogP contribution is 2.20. The zero-order chi connectivity index (χ0) is 16.8. The fourth-order valence-electron chi connectivity index (χ4n) is 2.53. The van der Waals surface area contributed by atoms with Crippen molar-refractivity contribution < 1.29 is 9.53 Å². The van der Waals surface area contributed by atoms with Gasteiger partial charge in [0.15, 0.2) is 0 Å². The van der Waals surface area contributed by atoms with E-state index in [4.69, 9.17) is 4.74 Å². The van der Waals surface area contributed by atoms with Gasteiger partial charge in [-0.05, 0) is 40.0 Å². The molecule has 0 spiro atoms. The summed E-state index contributed by atoms with van der Waals surface area (Å²) in [6.07, 6.45) is 15.6. The van der Waals surface area contributed by atoms with Gasteiger partial charge in [-0.25, -0.2) is 0 Å². The van der Waals surface area contributed by atoms with Crippen LogP contribution < -0.4 is 0 Å². The molecule has 0 aliphatic carbocycles. The summed E-state index contributed by atoms with van der Waals surface area (Å²) >= 11 is 0. The topological polar surface area (TPSA) is 26.3 Å². The maximum absolute atomic E-state index is 11.9. The first-order chi connectivity index (χ1) is 10.4. The van der Waals surface area contributed by atoms with E-state index in [-0.39, 0.29) is 17.5 Å². The van der Waals surface area contributed by atoms with Crippen LogP contribution in [0.4, 0.5) is 0 Å². The van der Waals surface area contributed by atoms with Crippen LogP contribution in [-0.4, -0.2) is 12.1 Å². The van der Waals surface area contributed by atoms with Crippen molar-refractivity contribution in [2.45, 2.75) is 118 Å². The standard InChI is InChI=1S/C20H40O2/c1-6-8-9-10-11-12-13-14-15-16-17-18(7-2)22-19(21)20(3,4)5/h18H,6-17H2,1-5H3. The Kier molecular flexibility index (Phi) is 12.6. The van der Waals surface area contributed by atoms with Crippen molar-refractivity contribution in [3.63, 3.8) is 0 Å². The molecule has 2 nitrogen and oxygen atoms in total. The number of hydrogen-bond donors (Lipinski definition) is 0. The Bertz CT molecular complexity index is 265. The monoisotopic (exact) mass is 312 g/mol. The van der Waals surface area contributed by atoms with Crippen molar-refractivity contribution in [3.8, 4) is 0 Å². The summed E-state index contributed by atoms with van der Waals surface area (Å²) < 4.78 is 5.61. The lowest BCUT2D eigenvalue weighted by Crippen LogP contribution is -2.28. The van der Waals surface area contributed by atoms with E-state index in [0.29, 0.717) is 0 Å². The molecule has 2 heteroatoms. The Morgan fingerprint density at radius 2 is 1.27 bits per heavy atom. The molecule has 1 atom stereocenters. The van der Waals surface area contributed by atoms with Gasteiger partial charge < -0.3 is 4.74 Å². The van der Waals surface area contributed by atoms with E-state index in [9.17, 15) is 4.79 Å². The van der Waals surface area contributed by atoms with Crippen LogP contribution in [0.25, 0.3) is 0 Å². The zero-order valence-corrected chi connectivity index (χ0v) is 15.9. The van der Waals surface area contributed by atoms with E-state index >= 15 is 0 Å². The Morgan fingerprint density at radius 3 is 1.68 bits per heavy atom. The van der Waals surface area contributed by atoms with Crippen LogP contribution in [0.1, 0.15) is 112 Å². The van der Waals surface area contributed by atoms with Gasteiger partial charge in [0.1, 0.15) is 6.10 Å². The molecule has 0 aliphatic heterocycles. The summed E-state index contributed by atoms with van der Waals surface area (Å²) in [5, 5.41) is 0. The third-order valence-electron chi connectivity index (χ3n) is 4.22. The highest BCUT2D eigenvalue weighted by Gasteiger charge is 2.25. The van der Waals surface area contributed by atoms with E-state index in [0.717, 1.165) is 12.8 Å². The molecule has 0 fully saturated rings. The zero-order valence-electron chi connectivity index (χ0n) is 15.9. The average Bonchev–Trinajstić information content (AvgIpc) is 2.46. The molecule has 0 bridgehead atoms. The largest absolute Gasteiger partial charge is 0.462 e. The Hall–Kier alpha value is -0.530. The van der Waals surface area contributed by atoms with E-state index in [1.165, 1.54) is 64.2 Å². The normalized spacial score (nSPS) is 13.1. The van der Waals surface area contributed by atoms with Crippen molar-refractivity contribution >= 4 is 5.97 Å². The van der Waals surface area contributed by atoms with Crippen LogP contribution >= 0.6 is 0 Å². The van der Waals surface area contributed by atoms with Gasteiger partial charge in [0.25, 0.3) is 0 Å². The molecule has 0 aliphatic rings. The third-order valence-corrected chi connectivity index (χ3v) is 4.22. The van der Waals surface area contributed by atoms with Crippen LogP contribution in [-0.2, 0) is 9.53 Å². The van der Waals surface area contributed by atoms with Gasteiger partial charge in [-0.3, -0.25) is 4.79 Å². The second-order valence-electron chi connectivity index (χ2n) is 7.66. The molecule has 1 unspecified atom stereocenters. The lowest BCUT2D eigenvalue weighted by Gasteiger charge is -2.22. The van der Waals surface area contributed by atoms with Crippen LogP contribution in [0.3, 0.4) is 0 Å². The van der Waals surface area contributed by atoms with Crippen LogP contribution in [0.2, 0.25) is 0 Å². The van der Waals surface area contributed by atoms with Gasteiger partial charge in [-0.2, -0.15) is 0 Å². The van der Waals surface area contributed by atoms with Crippen LogP contribution in [0.5, 0.6) is 0 Å². The van der Waals surface area contributed by atoms with Crippen LogP contribution in [0.15, 0.2) is 0 Å². The van der Waals surface area contributed by atoms with E-state index in [1.807, 2.05) is 20.8 Å². The quantitative estimate of drug-likeness (QED) is 0.280. The highest BCUT2D eigenvalue weighted by molar-refractivity contribution is 5.75. The minimum absolute atomic E-state index is 0.0635. The number of rotatable bonds is 13. The predicted molar refractivity (Wildman–Crippen MR) is 96.1 cm³/mol. The fraction of sp³-hybridized carbons (Fsp3) is 0.950. The number of hydrogen-bond acceptors (Lipinski definition) is 2. The molecule has 0 heterocycles. The molecule has 0 aromatic heterocycles. The maximum atomic E-state index is 11.9. The molecule has 0 N–H and O–H groups in total. The molecule has 0 aromatic rings. The molecule has 0 radical (unpaired) electrons. The highest BCUT2D eigenvalue weighted by atomic mass is 16.5. The predicted octanol–water partition coefficient (Wildman–Crippen LogP) is 6.67. The maximum Gasteiger partial charge on any atom is 0.311 e. The molecular formula is C20H40O2. The van der Waals surface area contributed by atoms with Crippen molar-refractivity contribution in [2.75, 3.05) is 0 Å². The Balaban J connectivity index is 3.53. The summed E-state index contributed by atoms with van der Waals surface area (Å²) in [4.78, 5) is 11.9. The van der Waals surface area contributed by atoms with Gasteiger partial charge in [0.05, 0.1) is 5.41 Å². The minimum atomic E-state index is -0.384. The molecule has 0 saturated heterocycles. The van der Waals surface area contributed by atoms with Gasteiger partial charge >= 0.3 is 5.97 Å². The molecule has 22 heavy (non-hydrogen) atoms. The lowest BCUT2D eigenvalue weighted by atomic mass is 9.97. The number of carbonyl (C=O) groups is 1. The SMILES string of the molecule is CCCCCCCCCCCCC(CC)OC(=O)C(C)(C)C. The third kappa shape index (κ3) is 12.1. The summed E-state index contributed by atoms with van der Waals surface area (Å²) in [6.45, 7) is 10.1. The summed E-state index contributed by atoms with van der Waals surface area (Å²) in [5.41, 5.74) is -0.384. The first-order valence-corrected chi connectivity index (χ1v) is 9.62. The minimum Gasteiger partial charge on any atom is -0.462 e. The summed E-state index contributed by atoms with van der Waals surface area (Å²) in [6, 6.07) is 0. The molecule has 0 rings (SSSR count). The van der Waals surface area contributed by atoms with E-state index < -0.39 is 0 Å². The second kappa shape index (κ2) is 13.0. The lowest BCUT2D eigenvalue weighted by molar-refractivity contribution is -0.159. The first kappa shape index (κ1) is 21.5. The summed E-state index contributed by atoms with van der Waals surface area (Å²) in [5.74, 6) is -0.0635. The van der Waals surface area contributed by atoms with Gasteiger partial charge in [-0.15, -0.1) is 0 Å². The first-order valence-electron chi connectivity index (χ1n) is 9.62. The van der Waals surface area contributed by atoms with Gasteiger partial charge in [0, 0.05) is 0 Å². The number of ether oxygens (including phenoxy) is 1. The Morgan fingerprint density at radius 1 is 0.818 bits per heavy atom. The average molecular weight is 313 g/mol. The Labute approximate surface area is 139 Å². The van der Waals surface area contributed by atoms with Crippen molar-refractivity contribution in [2.24, 2.45) is 5.41 Å².